The maximum absolute atomic E-state index is 11.4. The van der Waals surface area contributed by atoms with E-state index in [0.717, 1.165) is 5.69 Å². The zero-order chi connectivity index (χ0) is 10.7. The van der Waals surface area contributed by atoms with Gasteiger partial charge in [0, 0.05) is 17.8 Å². The van der Waals surface area contributed by atoms with Crippen LogP contribution in [0.4, 0.5) is 5.82 Å². The number of carbonyl (C=O) groups excluding carboxylic acids is 1. The summed E-state index contributed by atoms with van der Waals surface area (Å²) >= 11 is 0. The van der Waals surface area contributed by atoms with Crippen molar-refractivity contribution in [2.24, 2.45) is 0 Å². The molecule has 0 radical (unpaired) electrons. The normalized spacial score (nSPS) is 10.6. The predicted octanol–water partition coefficient (Wildman–Crippen LogP) is 0.298. The van der Waals surface area contributed by atoms with Gasteiger partial charge in [0.2, 0.25) is 5.91 Å². The molecule has 0 atom stereocenters. The fraction of sp³-hybridized carbons (Fsp3) is 0.556. The molecule has 1 aromatic rings. The maximum atomic E-state index is 11.4. The highest BCUT2D eigenvalue weighted by molar-refractivity contribution is 5.76. The third-order valence-electron chi connectivity index (χ3n) is 1.74. The summed E-state index contributed by atoms with van der Waals surface area (Å²) in [5.74, 6) is 0.394. The van der Waals surface area contributed by atoms with Crippen molar-refractivity contribution in [2.75, 3.05) is 5.73 Å². The number of nitrogens with one attached hydrogen (secondary N) is 1. The Morgan fingerprint density at radius 3 is 2.79 bits per heavy atom. The molecule has 1 rings (SSSR count). The number of amides is 1. The van der Waals surface area contributed by atoms with Crippen LogP contribution in [0.15, 0.2) is 6.07 Å². The number of anilines is 1. The van der Waals surface area contributed by atoms with Gasteiger partial charge in [-0.1, -0.05) is 0 Å². The van der Waals surface area contributed by atoms with E-state index in [2.05, 4.69) is 10.4 Å². The largest absolute Gasteiger partial charge is 0.382 e. The van der Waals surface area contributed by atoms with E-state index < -0.39 is 0 Å². The van der Waals surface area contributed by atoms with E-state index in [1.165, 1.54) is 0 Å². The van der Waals surface area contributed by atoms with Gasteiger partial charge < -0.3 is 11.1 Å². The Balaban J connectivity index is 2.60. The first-order valence-corrected chi connectivity index (χ1v) is 4.58. The molecular formula is C9H16N4O. The first-order chi connectivity index (χ1) is 6.49. The van der Waals surface area contributed by atoms with Gasteiger partial charge in [0.05, 0.1) is 0 Å². The fourth-order valence-electron chi connectivity index (χ4n) is 1.20. The monoisotopic (exact) mass is 196 g/mol. The van der Waals surface area contributed by atoms with Crippen LogP contribution in [0.1, 0.15) is 19.5 Å². The molecule has 5 nitrogen and oxygen atoms in total. The summed E-state index contributed by atoms with van der Waals surface area (Å²) in [5, 5.41) is 6.78. The Bertz CT molecular complexity index is 330. The zero-order valence-electron chi connectivity index (χ0n) is 8.74. The minimum absolute atomic E-state index is 0.0498. The highest BCUT2D eigenvalue weighted by Gasteiger charge is 2.07. The third kappa shape index (κ3) is 2.76. The van der Waals surface area contributed by atoms with Gasteiger partial charge in [-0.15, -0.1) is 0 Å². The number of aromatic nitrogens is 2. The van der Waals surface area contributed by atoms with Gasteiger partial charge in [0.15, 0.2) is 0 Å². The summed E-state index contributed by atoms with van der Waals surface area (Å²) in [6.07, 6.45) is 0. The lowest BCUT2D eigenvalue weighted by molar-refractivity contribution is -0.122. The number of carbonyl (C=O) groups is 1. The van der Waals surface area contributed by atoms with Crippen LogP contribution in [0.25, 0.3) is 0 Å². The van der Waals surface area contributed by atoms with E-state index in [1.807, 2.05) is 20.8 Å². The van der Waals surface area contributed by atoms with Crippen molar-refractivity contribution in [1.29, 1.82) is 0 Å². The average molecular weight is 196 g/mol. The van der Waals surface area contributed by atoms with E-state index in [1.54, 1.807) is 10.7 Å². The van der Waals surface area contributed by atoms with Gasteiger partial charge in [0.1, 0.15) is 12.4 Å². The van der Waals surface area contributed by atoms with Gasteiger partial charge in [-0.25, -0.2) is 0 Å². The summed E-state index contributed by atoms with van der Waals surface area (Å²) in [7, 11) is 0. The van der Waals surface area contributed by atoms with Crippen LogP contribution in [0.2, 0.25) is 0 Å². The van der Waals surface area contributed by atoms with Crippen LogP contribution in [0.5, 0.6) is 0 Å². The van der Waals surface area contributed by atoms with E-state index >= 15 is 0 Å². The second-order valence-corrected chi connectivity index (χ2v) is 3.59. The average Bonchev–Trinajstić information content (AvgIpc) is 2.28. The zero-order valence-corrected chi connectivity index (χ0v) is 8.74. The number of aryl methyl sites for hydroxylation is 1. The molecule has 3 N–H and O–H groups in total. The molecule has 0 spiro atoms. The molecule has 14 heavy (non-hydrogen) atoms. The highest BCUT2D eigenvalue weighted by Crippen LogP contribution is 2.03. The molecule has 0 saturated heterocycles. The van der Waals surface area contributed by atoms with Crippen LogP contribution in [-0.4, -0.2) is 21.7 Å². The lowest BCUT2D eigenvalue weighted by Crippen LogP contribution is -2.33. The number of rotatable bonds is 3. The highest BCUT2D eigenvalue weighted by atomic mass is 16.2. The molecular weight excluding hydrogens is 180 g/mol. The van der Waals surface area contributed by atoms with Gasteiger partial charge >= 0.3 is 0 Å². The lowest BCUT2D eigenvalue weighted by atomic mass is 10.4. The molecule has 78 valence electrons. The van der Waals surface area contributed by atoms with Crippen molar-refractivity contribution in [2.45, 2.75) is 33.4 Å². The fourth-order valence-corrected chi connectivity index (χ4v) is 1.20. The van der Waals surface area contributed by atoms with Gasteiger partial charge in [-0.05, 0) is 20.8 Å². The molecule has 0 unspecified atom stereocenters. The Kier molecular flexibility index (Phi) is 3.11. The van der Waals surface area contributed by atoms with E-state index in [4.69, 9.17) is 5.73 Å². The quantitative estimate of drug-likeness (QED) is 0.730. The van der Waals surface area contributed by atoms with Gasteiger partial charge in [-0.2, -0.15) is 5.10 Å². The summed E-state index contributed by atoms with van der Waals surface area (Å²) in [6, 6.07) is 1.89. The van der Waals surface area contributed by atoms with Crippen LogP contribution >= 0.6 is 0 Å². The number of hydrogen-bond donors (Lipinski definition) is 2. The predicted molar refractivity (Wildman–Crippen MR) is 54.7 cm³/mol. The first kappa shape index (κ1) is 10.6. The van der Waals surface area contributed by atoms with Crippen molar-refractivity contribution in [3.63, 3.8) is 0 Å². The van der Waals surface area contributed by atoms with Crippen LogP contribution in [0, 0.1) is 6.92 Å². The minimum atomic E-state index is -0.0498. The number of nitrogens with zero attached hydrogens (tertiary/aromatic N) is 2. The second-order valence-electron chi connectivity index (χ2n) is 3.59. The molecule has 1 aromatic heterocycles. The Morgan fingerprint density at radius 1 is 1.71 bits per heavy atom. The number of nitrogen functional groups attached to an aromatic ring is 1. The van der Waals surface area contributed by atoms with Gasteiger partial charge in [0.25, 0.3) is 0 Å². The van der Waals surface area contributed by atoms with Crippen molar-refractivity contribution >= 4 is 11.7 Å². The van der Waals surface area contributed by atoms with E-state index in [-0.39, 0.29) is 18.5 Å². The molecule has 0 fully saturated rings. The topological polar surface area (TPSA) is 72.9 Å². The van der Waals surface area contributed by atoms with Crippen molar-refractivity contribution in [3.8, 4) is 0 Å². The Labute approximate surface area is 83.3 Å². The molecule has 5 heteroatoms. The molecule has 1 heterocycles. The minimum Gasteiger partial charge on any atom is -0.382 e. The van der Waals surface area contributed by atoms with Crippen LogP contribution in [0.3, 0.4) is 0 Å². The van der Waals surface area contributed by atoms with Crippen LogP contribution < -0.4 is 11.1 Å². The smallest absolute Gasteiger partial charge is 0.241 e. The maximum Gasteiger partial charge on any atom is 0.241 e. The molecule has 0 aliphatic rings. The lowest BCUT2D eigenvalue weighted by Gasteiger charge is -2.08. The summed E-state index contributed by atoms with van der Waals surface area (Å²) < 4.78 is 1.59. The Hall–Kier alpha value is -1.52. The molecule has 0 bridgehead atoms. The van der Waals surface area contributed by atoms with E-state index in [0.29, 0.717) is 5.82 Å². The van der Waals surface area contributed by atoms with E-state index in [9.17, 15) is 4.79 Å². The second kappa shape index (κ2) is 4.13. The van der Waals surface area contributed by atoms with Crippen molar-refractivity contribution in [3.05, 3.63) is 11.8 Å². The molecule has 0 aliphatic carbocycles. The van der Waals surface area contributed by atoms with Crippen molar-refractivity contribution < 1.29 is 4.79 Å². The van der Waals surface area contributed by atoms with Gasteiger partial charge in [-0.3, -0.25) is 9.48 Å². The number of hydrogen-bond acceptors (Lipinski definition) is 3. The third-order valence-corrected chi connectivity index (χ3v) is 1.74. The molecule has 0 aliphatic heterocycles. The molecule has 0 saturated carbocycles. The van der Waals surface area contributed by atoms with Crippen LogP contribution in [-0.2, 0) is 11.3 Å². The number of nitrogens with two attached hydrogens (primary N) is 1. The summed E-state index contributed by atoms with van der Waals surface area (Å²) in [4.78, 5) is 11.4. The standard InChI is InChI=1S/C9H16N4O/c1-6(2)11-9(14)5-13-7(3)4-8(10)12-13/h4,6H,5H2,1-3H3,(H2,10,12)(H,11,14). The summed E-state index contributed by atoms with van der Waals surface area (Å²) in [6.45, 7) is 5.93. The molecule has 1 amide bonds. The molecule has 0 aromatic carbocycles. The first-order valence-electron chi connectivity index (χ1n) is 4.58. The Morgan fingerprint density at radius 2 is 2.36 bits per heavy atom. The summed E-state index contributed by atoms with van der Waals surface area (Å²) in [5.41, 5.74) is 6.38. The van der Waals surface area contributed by atoms with Crippen molar-refractivity contribution in [1.82, 2.24) is 15.1 Å². The SMILES string of the molecule is Cc1cc(N)nn1CC(=O)NC(C)C.